The number of benzene rings is 4. The van der Waals surface area contributed by atoms with Crippen LogP contribution in [0.3, 0.4) is 0 Å². The van der Waals surface area contributed by atoms with Crippen molar-refractivity contribution >= 4 is 22.9 Å². The predicted octanol–water partition coefficient (Wildman–Crippen LogP) is 6.04. The Kier molecular flexibility index (Phi) is 9.08. The maximum Gasteiger partial charge on any atom is 0.0942 e. The minimum atomic E-state index is -0.332. The Morgan fingerprint density at radius 1 is 0.714 bits per heavy atom. The summed E-state index contributed by atoms with van der Waals surface area (Å²) in [6.45, 7) is 0. The molecule has 0 atom stereocenters. The highest BCUT2D eigenvalue weighted by atomic mass is 28.2. The molecule has 0 amide bonds. The first-order valence-corrected chi connectivity index (χ1v) is 13.7. The Hall–Kier alpha value is -3.89. The van der Waals surface area contributed by atoms with Crippen molar-refractivity contribution in [3.63, 3.8) is 0 Å². The third-order valence-electron chi connectivity index (χ3n) is 5.78. The molecule has 0 aliphatic heterocycles. The molecule has 0 saturated carbocycles. The van der Waals surface area contributed by atoms with Crippen molar-refractivity contribution in [2.75, 3.05) is 0 Å². The van der Waals surface area contributed by atoms with Gasteiger partial charge in [-0.1, -0.05) is 127 Å². The molecule has 0 N–H and O–H groups in total. The molecule has 170 valence electrons. The fraction of sp³-hybridized carbons (Fsp3) is 0.0645. The molecule has 4 aromatic carbocycles. The summed E-state index contributed by atoms with van der Waals surface area (Å²) in [4.78, 5) is 4.10. The average molecular weight is 468 g/mol. The van der Waals surface area contributed by atoms with E-state index in [1.807, 2.05) is 55.1 Å². The van der Waals surface area contributed by atoms with Crippen molar-refractivity contribution in [1.29, 1.82) is 0 Å². The zero-order valence-corrected chi connectivity index (χ0v) is 21.2. The highest BCUT2D eigenvalue weighted by Crippen LogP contribution is 2.23. The largest absolute Gasteiger partial charge is 0.341 e. The van der Waals surface area contributed by atoms with E-state index in [-0.39, 0.29) is 15.3 Å². The number of rotatable bonds is 7. The number of imidazole rings is 1. The van der Waals surface area contributed by atoms with Crippen LogP contribution in [0, 0.1) is 0 Å². The van der Waals surface area contributed by atoms with Crippen LogP contribution in [-0.2, 0) is 6.17 Å². The lowest BCUT2D eigenvalue weighted by molar-refractivity contribution is 0.874. The van der Waals surface area contributed by atoms with Gasteiger partial charge in [-0.05, 0) is 33.6 Å². The minimum Gasteiger partial charge on any atom is -0.341 e. The first-order chi connectivity index (χ1) is 17.3. The fourth-order valence-corrected chi connectivity index (χ4v) is 5.38. The molecule has 0 aliphatic rings. The molecule has 4 heteroatoms. The third-order valence-corrected chi connectivity index (χ3v) is 7.25. The van der Waals surface area contributed by atoms with Crippen LogP contribution in [0.25, 0.3) is 5.57 Å². The standard InChI is InChI=1S/C18H18N2Si.C13H11B/c1-3-7-16(8-4-1)18(17-9-5-2-6-10-17)13-21-15-20-12-11-19-14-20;14-13(11-7-3-1-4-8-11)12-9-5-2-6-10-12/h1-14H,15,21H2;1-10,13H. The summed E-state index contributed by atoms with van der Waals surface area (Å²) in [5.74, 6) is -0.0163. The van der Waals surface area contributed by atoms with Crippen LogP contribution >= 0.6 is 0 Å². The lowest BCUT2D eigenvalue weighted by Crippen LogP contribution is -2.02. The molecule has 35 heavy (non-hydrogen) atoms. The maximum absolute atomic E-state index is 6.12. The monoisotopic (exact) mass is 468 g/mol. The molecule has 0 bridgehead atoms. The molecule has 1 aromatic heterocycles. The number of aromatic nitrogens is 2. The van der Waals surface area contributed by atoms with E-state index in [1.165, 1.54) is 16.7 Å². The Bertz CT molecular complexity index is 1190. The zero-order chi connectivity index (χ0) is 24.1. The van der Waals surface area contributed by atoms with Gasteiger partial charge >= 0.3 is 0 Å². The van der Waals surface area contributed by atoms with Gasteiger partial charge in [-0.3, -0.25) is 0 Å². The van der Waals surface area contributed by atoms with Crippen LogP contribution in [0.2, 0.25) is 0 Å². The van der Waals surface area contributed by atoms with E-state index in [9.17, 15) is 0 Å². The second-order valence-corrected chi connectivity index (χ2v) is 9.67. The van der Waals surface area contributed by atoms with E-state index in [4.69, 9.17) is 7.85 Å². The molecular weight excluding hydrogens is 439 g/mol. The van der Waals surface area contributed by atoms with E-state index >= 15 is 0 Å². The van der Waals surface area contributed by atoms with Crippen LogP contribution in [0.5, 0.6) is 0 Å². The van der Waals surface area contributed by atoms with Gasteiger partial charge < -0.3 is 4.57 Å². The number of hydrogen-bond acceptors (Lipinski definition) is 1. The maximum atomic E-state index is 6.12. The molecule has 2 radical (unpaired) electrons. The summed E-state index contributed by atoms with van der Waals surface area (Å²) < 4.78 is 2.16. The van der Waals surface area contributed by atoms with Gasteiger partial charge in [0.25, 0.3) is 0 Å². The molecule has 5 aromatic rings. The topological polar surface area (TPSA) is 17.8 Å². The summed E-state index contributed by atoms with van der Waals surface area (Å²) >= 11 is 0. The van der Waals surface area contributed by atoms with Gasteiger partial charge in [-0.25, -0.2) is 4.98 Å². The molecule has 2 nitrogen and oxygen atoms in total. The van der Waals surface area contributed by atoms with E-state index in [1.54, 1.807) is 0 Å². The first-order valence-electron chi connectivity index (χ1n) is 11.9. The summed E-state index contributed by atoms with van der Waals surface area (Å²) in [6.07, 6.45) is 6.85. The average Bonchev–Trinajstić information content (AvgIpc) is 3.47. The summed E-state index contributed by atoms with van der Waals surface area (Å²) in [5.41, 5.74) is 8.69. The quantitative estimate of drug-likeness (QED) is 0.266. The van der Waals surface area contributed by atoms with E-state index in [2.05, 4.69) is 100 Å². The van der Waals surface area contributed by atoms with Crippen molar-refractivity contribution in [2.45, 2.75) is 12.0 Å². The van der Waals surface area contributed by atoms with Crippen molar-refractivity contribution in [3.8, 4) is 0 Å². The first kappa shape index (κ1) is 24.2. The van der Waals surface area contributed by atoms with Gasteiger partial charge in [0, 0.05) is 18.6 Å². The predicted molar refractivity (Wildman–Crippen MR) is 151 cm³/mol. The SMILES string of the molecule is C([SiH2]Cn1ccnc1)=C(c1ccccc1)c1ccccc1.[B]C(c1ccccc1)c1ccccc1. The molecule has 0 saturated heterocycles. The van der Waals surface area contributed by atoms with Crippen molar-refractivity contribution in [3.05, 3.63) is 168 Å². The smallest absolute Gasteiger partial charge is 0.0942 e. The summed E-state index contributed by atoms with van der Waals surface area (Å²) in [5, 5.41) is 0. The molecule has 0 fully saturated rings. The van der Waals surface area contributed by atoms with Crippen LogP contribution in [0.4, 0.5) is 0 Å². The Morgan fingerprint density at radius 2 is 1.17 bits per heavy atom. The zero-order valence-electron chi connectivity index (χ0n) is 19.8. The number of nitrogens with zero attached hydrogens (tertiary/aromatic N) is 2. The second kappa shape index (κ2) is 13.1. The lowest BCUT2D eigenvalue weighted by Gasteiger charge is -2.12. The van der Waals surface area contributed by atoms with E-state index in [0.29, 0.717) is 0 Å². The minimum absolute atomic E-state index is 0.0163. The van der Waals surface area contributed by atoms with Gasteiger partial charge in [-0.2, -0.15) is 0 Å². The van der Waals surface area contributed by atoms with Crippen molar-refractivity contribution in [2.24, 2.45) is 0 Å². The molecule has 0 unspecified atom stereocenters. The number of hydrogen-bond donors (Lipinski definition) is 0. The van der Waals surface area contributed by atoms with Crippen molar-refractivity contribution < 1.29 is 0 Å². The normalized spacial score (nSPS) is 10.7. The van der Waals surface area contributed by atoms with Gasteiger partial charge in [0.05, 0.1) is 23.7 Å². The van der Waals surface area contributed by atoms with Gasteiger partial charge in [0.15, 0.2) is 0 Å². The van der Waals surface area contributed by atoms with Crippen molar-refractivity contribution in [1.82, 2.24) is 9.55 Å². The van der Waals surface area contributed by atoms with E-state index in [0.717, 1.165) is 17.3 Å². The Labute approximate surface area is 212 Å². The molecule has 1 heterocycles. The molecule has 0 aliphatic carbocycles. The highest BCUT2D eigenvalue weighted by molar-refractivity contribution is 6.42. The Balaban J connectivity index is 0.000000179. The van der Waals surface area contributed by atoms with Gasteiger partial charge in [0.2, 0.25) is 0 Å². The molecular formula is C31H29BN2Si. The fourth-order valence-electron chi connectivity index (χ4n) is 3.93. The van der Waals surface area contributed by atoms with Gasteiger partial charge in [-0.15, -0.1) is 0 Å². The van der Waals surface area contributed by atoms with Crippen LogP contribution in [0.1, 0.15) is 28.1 Å². The Morgan fingerprint density at radius 3 is 1.60 bits per heavy atom. The molecule has 0 spiro atoms. The summed E-state index contributed by atoms with van der Waals surface area (Å²) in [7, 11) is 5.78. The van der Waals surface area contributed by atoms with Gasteiger partial charge in [0.1, 0.15) is 0 Å². The molecule has 5 rings (SSSR count). The third kappa shape index (κ3) is 7.30. The van der Waals surface area contributed by atoms with Crippen LogP contribution in [-0.4, -0.2) is 26.9 Å². The lowest BCUT2D eigenvalue weighted by atomic mass is 9.76. The summed E-state index contributed by atoms with van der Waals surface area (Å²) in [6, 6.07) is 41.5. The van der Waals surface area contributed by atoms with Crippen LogP contribution in [0.15, 0.2) is 146 Å². The van der Waals surface area contributed by atoms with Crippen LogP contribution < -0.4 is 0 Å². The van der Waals surface area contributed by atoms with E-state index < -0.39 is 0 Å². The highest BCUT2D eigenvalue weighted by Gasteiger charge is 2.06. The second-order valence-electron chi connectivity index (χ2n) is 8.24.